The Hall–Kier alpha value is -1.42. The first-order valence-electron chi connectivity index (χ1n) is 5.20. The molecule has 15 heavy (non-hydrogen) atoms. The van der Waals surface area contributed by atoms with Gasteiger partial charge in [0.15, 0.2) is 0 Å². The van der Waals surface area contributed by atoms with E-state index in [1.54, 1.807) is 12.1 Å². The number of nitrogens with one attached hydrogen (secondary N) is 1. The second-order valence-corrected chi connectivity index (χ2v) is 3.78. The van der Waals surface area contributed by atoms with Gasteiger partial charge in [-0.15, -0.1) is 0 Å². The summed E-state index contributed by atoms with van der Waals surface area (Å²) in [5.41, 5.74) is 1.19. The van der Waals surface area contributed by atoms with E-state index in [0.29, 0.717) is 6.04 Å². The Morgan fingerprint density at radius 2 is 2.33 bits per heavy atom. The van der Waals surface area contributed by atoms with Crippen molar-refractivity contribution < 1.29 is 9.90 Å². The molecule has 80 valence electrons. The molecule has 2 rings (SSSR count). The summed E-state index contributed by atoms with van der Waals surface area (Å²) in [4.78, 5) is 14.8. The van der Waals surface area contributed by atoms with E-state index in [4.69, 9.17) is 5.11 Å². The smallest absolute Gasteiger partial charge is 0.337 e. The number of aromatic carboxylic acids is 1. The molecule has 0 unspecified atom stereocenters. The molecule has 4 heteroatoms. The van der Waals surface area contributed by atoms with Crippen LogP contribution in [0.3, 0.4) is 0 Å². The highest BCUT2D eigenvalue weighted by Crippen LogP contribution is 2.20. The van der Waals surface area contributed by atoms with Crippen LogP contribution in [0.25, 0.3) is 0 Å². The van der Waals surface area contributed by atoms with Crippen LogP contribution in [0.1, 0.15) is 41.4 Å². The lowest BCUT2D eigenvalue weighted by atomic mass is 10.0. The number of carboxylic acids is 1. The van der Waals surface area contributed by atoms with Crippen LogP contribution in [0.2, 0.25) is 0 Å². The topological polar surface area (TPSA) is 62.2 Å². The Kier molecular flexibility index (Phi) is 2.97. The molecule has 1 aromatic rings. The first-order valence-corrected chi connectivity index (χ1v) is 5.20. The molecule has 1 aromatic heterocycles. The third-order valence-electron chi connectivity index (χ3n) is 2.70. The van der Waals surface area contributed by atoms with Crippen LogP contribution in [0.5, 0.6) is 0 Å². The Morgan fingerprint density at radius 1 is 1.47 bits per heavy atom. The van der Waals surface area contributed by atoms with E-state index in [1.165, 1.54) is 19.0 Å². The number of carboxylic acid groups (broad SMARTS) is 1. The summed E-state index contributed by atoms with van der Waals surface area (Å²) >= 11 is 0. The third kappa shape index (κ3) is 2.33. The number of pyridine rings is 1. The molecule has 1 saturated heterocycles. The first kappa shape index (κ1) is 10.1. The van der Waals surface area contributed by atoms with Gasteiger partial charge in [0.1, 0.15) is 0 Å². The molecule has 0 aliphatic carbocycles. The summed E-state index contributed by atoms with van der Waals surface area (Å²) in [6.45, 7) is 1.02. The van der Waals surface area contributed by atoms with Gasteiger partial charge < -0.3 is 10.4 Å². The maximum absolute atomic E-state index is 10.6. The van der Waals surface area contributed by atoms with Crippen LogP contribution in [0.15, 0.2) is 18.3 Å². The number of piperidine rings is 1. The predicted octanol–water partition coefficient (Wildman–Crippen LogP) is 1.59. The van der Waals surface area contributed by atoms with E-state index in [2.05, 4.69) is 10.3 Å². The van der Waals surface area contributed by atoms with Gasteiger partial charge in [0, 0.05) is 12.2 Å². The Balaban J connectivity index is 2.11. The number of carbonyl (C=O) groups is 1. The van der Waals surface area contributed by atoms with Crippen LogP contribution in [-0.2, 0) is 0 Å². The van der Waals surface area contributed by atoms with Crippen LogP contribution >= 0.6 is 0 Å². The summed E-state index contributed by atoms with van der Waals surface area (Å²) in [6.07, 6.45) is 4.93. The molecule has 4 nitrogen and oxygen atoms in total. The molecule has 1 fully saturated rings. The average molecular weight is 206 g/mol. The zero-order valence-corrected chi connectivity index (χ0v) is 8.44. The second-order valence-electron chi connectivity index (χ2n) is 3.78. The first-order chi connectivity index (χ1) is 7.27. The number of hydrogen-bond acceptors (Lipinski definition) is 3. The number of rotatable bonds is 2. The minimum atomic E-state index is -0.925. The molecule has 0 bridgehead atoms. The van der Waals surface area contributed by atoms with E-state index in [1.807, 2.05) is 0 Å². The number of nitrogens with zero attached hydrogens (tertiary/aromatic N) is 1. The quantitative estimate of drug-likeness (QED) is 0.771. The maximum atomic E-state index is 10.6. The largest absolute Gasteiger partial charge is 0.478 e. The summed E-state index contributed by atoms with van der Waals surface area (Å²) < 4.78 is 0. The average Bonchev–Trinajstić information content (AvgIpc) is 2.30. The lowest BCUT2D eigenvalue weighted by Crippen LogP contribution is -2.27. The van der Waals surface area contributed by atoms with Gasteiger partial charge in [0.05, 0.1) is 11.3 Å². The maximum Gasteiger partial charge on any atom is 0.337 e. The molecule has 1 atom stereocenters. The van der Waals surface area contributed by atoms with E-state index >= 15 is 0 Å². The zero-order chi connectivity index (χ0) is 10.7. The van der Waals surface area contributed by atoms with Gasteiger partial charge in [0.2, 0.25) is 0 Å². The molecule has 1 aliphatic heterocycles. The van der Waals surface area contributed by atoms with E-state index in [-0.39, 0.29) is 5.56 Å². The molecule has 2 N–H and O–H groups in total. The molecule has 2 heterocycles. The van der Waals surface area contributed by atoms with Gasteiger partial charge in [0.25, 0.3) is 0 Å². The highest BCUT2D eigenvalue weighted by molar-refractivity contribution is 5.87. The van der Waals surface area contributed by atoms with Gasteiger partial charge in [-0.05, 0) is 31.5 Å². The summed E-state index contributed by atoms with van der Waals surface area (Å²) in [6, 6.07) is 3.70. The van der Waals surface area contributed by atoms with E-state index in [9.17, 15) is 4.79 Å². The fourth-order valence-corrected chi connectivity index (χ4v) is 1.84. The monoisotopic (exact) mass is 206 g/mol. The van der Waals surface area contributed by atoms with Crippen molar-refractivity contribution in [1.29, 1.82) is 0 Å². The Labute approximate surface area is 88.3 Å². The van der Waals surface area contributed by atoms with Crippen LogP contribution in [-0.4, -0.2) is 22.6 Å². The van der Waals surface area contributed by atoms with Crippen LogP contribution in [0.4, 0.5) is 0 Å². The molecule has 0 radical (unpaired) electrons. The molecule has 1 aliphatic rings. The highest BCUT2D eigenvalue weighted by Gasteiger charge is 2.15. The molecule has 0 aromatic carbocycles. The summed E-state index contributed by atoms with van der Waals surface area (Å²) in [5.74, 6) is -0.925. The van der Waals surface area contributed by atoms with Crippen molar-refractivity contribution in [2.24, 2.45) is 0 Å². The van der Waals surface area contributed by atoms with E-state index in [0.717, 1.165) is 18.7 Å². The van der Waals surface area contributed by atoms with Crippen molar-refractivity contribution in [1.82, 2.24) is 10.3 Å². The van der Waals surface area contributed by atoms with Crippen molar-refractivity contribution in [3.63, 3.8) is 0 Å². The zero-order valence-electron chi connectivity index (χ0n) is 8.44. The summed E-state index contributed by atoms with van der Waals surface area (Å²) in [5, 5.41) is 12.1. The van der Waals surface area contributed by atoms with Gasteiger partial charge in [-0.25, -0.2) is 4.79 Å². The van der Waals surface area contributed by atoms with Gasteiger partial charge >= 0.3 is 5.97 Å². The lowest BCUT2D eigenvalue weighted by Gasteiger charge is -2.22. The van der Waals surface area contributed by atoms with Crippen molar-refractivity contribution in [3.05, 3.63) is 29.6 Å². The minimum Gasteiger partial charge on any atom is -0.478 e. The standard InChI is InChI=1S/C11H14N2O2/c14-11(15)8-4-5-10(13-7-8)9-3-1-2-6-12-9/h4-5,7,9,12H,1-3,6H2,(H,14,15)/t9-/m1/s1. The van der Waals surface area contributed by atoms with Crippen LogP contribution < -0.4 is 5.32 Å². The van der Waals surface area contributed by atoms with Gasteiger partial charge in [-0.3, -0.25) is 4.98 Å². The van der Waals surface area contributed by atoms with E-state index < -0.39 is 5.97 Å². The van der Waals surface area contributed by atoms with Crippen molar-refractivity contribution in [2.45, 2.75) is 25.3 Å². The summed E-state index contributed by atoms with van der Waals surface area (Å²) in [7, 11) is 0. The molecule has 0 spiro atoms. The van der Waals surface area contributed by atoms with Crippen molar-refractivity contribution >= 4 is 5.97 Å². The minimum absolute atomic E-state index is 0.245. The van der Waals surface area contributed by atoms with Crippen molar-refractivity contribution in [2.75, 3.05) is 6.54 Å². The highest BCUT2D eigenvalue weighted by atomic mass is 16.4. The molecule has 0 amide bonds. The Bertz CT molecular complexity index is 342. The fraction of sp³-hybridized carbons (Fsp3) is 0.455. The Morgan fingerprint density at radius 3 is 2.87 bits per heavy atom. The van der Waals surface area contributed by atoms with Gasteiger partial charge in [-0.2, -0.15) is 0 Å². The number of aromatic nitrogens is 1. The van der Waals surface area contributed by atoms with Crippen molar-refractivity contribution in [3.8, 4) is 0 Å². The van der Waals surface area contributed by atoms with Gasteiger partial charge in [-0.1, -0.05) is 6.42 Å². The third-order valence-corrected chi connectivity index (χ3v) is 2.70. The predicted molar refractivity (Wildman–Crippen MR) is 55.8 cm³/mol. The normalized spacial score (nSPS) is 21.2. The molecule has 0 saturated carbocycles. The number of hydrogen-bond donors (Lipinski definition) is 2. The lowest BCUT2D eigenvalue weighted by molar-refractivity contribution is 0.0696. The second kappa shape index (κ2) is 4.40. The van der Waals surface area contributed by atoms with Crippen LogP contribution in [0, 0.1) is 0 Å². The molecular weight excluding hydrogens is 192 g/mol. The fourth-order valence-electron chi connectivity index (χ4n) is 1.84. The molecular formula is C11H14N2O2. The SMILES string of the molecule is O=C(O)c1ccc([C@H]2CCCCN2)nc1.